The Morgan fingerprint density at radius 3 is 2.49 bits per heavy atom. The Kier molecular flexibility index (Phi) is 8.94. The van der Waals surface area contributed by atoms with Gasteiger partial charge in [-0.3, -0.25) is 0 Å². The van der Waals surface area contributed by atoms with Gasteiger partial charge in [0.25, 0.3) is 6.43 Å². The van der Waals surface area contributed by atoms with Crippen LogP contribution >= 0.6 is 22.9 Å². The maximum Gasteiger partial charge on any atom is 0.367 e. The fourth-order valence-corrected chi connectivity index (χ4v) is 7.38. The SMILES string of the molecule is CCOC(=O)c1nc(CC2CCCCC2)c(-c2ccc(S(=O)(=O)NC(C)(C)C)c(Cl)c2C(F)F)s1. The highest BCUT2D eigenvalue weighted by Crippen LogP contribution is 2.44. The number of alkyl halides is 2. The molecule has 1 saturated carbocycles. The summed E-state index contributed by atoms with van der Waals surface area (Å²) < 4.78 is 62.0. The number of aromatic nitrogens is 1. The van der Waals surface area contributed by atoms with Crippen LogP contribution in [-0.4, -0.2) is 31.5 Å². The van der Waals surface area contributed by atoms with Gasteiger partial charge in [0.05, 0.1) is 22.2 Å². The average molecular weight is 549 g/mol. The van der Waals surface area contributed by atoms with Gasteiger partial charge in [0.2, 0.25) is 15.0 Å². The topological polar surface area (TPSA) is 85.4 Å². The minimum atomic E-state index is -4.15. The standard InChI is InChI=1S/C24H31ClF2N2O4S2/c1-5-33-23(30)22-28-16(13-14-9-7-6-8-10-14)20(34-22)15-11-12-17(19(25)18(15)21(26)27)35(31,32)29-24(2,3)4/h11-12,14,21,29H,5-10,13H2,1-4H3. The van der Waals surface area contributed by atoms with Gasteiger partial charge in [-0.25, -0.2) is 31.7 Å². The molecule has 194 valence electrons. The number of hydrogen-bond donors (Lipinski definition) is 1. The van der Waals surface area contributed by atoms with E-state index in [2.05, 4.69) is 9.71 Å². The third-order valence-electron chi connectivity index (χ3n) is 5.69. The van der Waals surface area contributed by atoms with Crippen LogP contribution in [0.1, 0.15) is 87.3 Å². The van der Waals surface area contributed by atoms with E-state index in [1.54, 1.807) is 27.7 Å². The monoisotopic (exact) mass is 548 g/mol. The van der Waals surface area contributed by atoms with Crippen molar-refractivity contribution in [3.63, 3.8) is 0 Å². The van der Waals surface area contributed by atoms with E-state index in [0.29, 0.717) is 22.9 Å². The summed E-state index contributed by atoms with van der Waals surface area (Å²) in [4.78, 5) is 16.8. The largest absolute Gasteiger partial charge is 0.461 e. The summed E-state index contributed by atoms with van der Waals surface area (Å²) in [6.07, 6.45) is 2.85. The lowest BCUT2D eigenvalue weighted by atomic mass is 9.85. The minimum absolute atomic E-state index is 0.0788. The van der Waals surface area contributed by atoms with Crippen LogP contribution in [-0.2, 0) is 21.2 Å². The molecule has 6 nitrogen and oxygen atoms in total. The number of ether oxygens (including phenoxy) is 1. The first-order chi connectivity index (χ1) is 16.3. The Morgan fingerprint density at radius 2 is 1.91 bits per heavy atom. The Balaban J connectivity index is 2.15. The summed E-state index contributed by atoms with van der Waals surface area (Å²) >= 11 is 7.30. The third kappa shape index (κ3) is 6.78. The van der Waals surface area contributed by atoms with E-state index < -0.39 is 43.4 Å². The Labute approximate surface area is 214 Å². The molecule has 1 aromatic carbocycles. The molecule has 0 aliphatic heterocycles. The fourth-order valence-electron chi connectivity index (χ4n) is 4.30. The normalized spacial score (nSPS) is 15.5. The number of benzene rings is 1. The predicted molar refractivity (Wildman–Crippen MR) is 134 cm³/mol. The molecule has 35 heavy (non-hydrogen) atoms. The molecule has 1 N–H and O–H groups in total. The van der Waals surface area contributed by atoms with Crippen molar-refractivity contribution in [2.24, 2.45) is 5.92 Å². The lowest BCUT2D eigenvalue weighted by Gasteiger charge is -2.22. The zero-order valence-corrected chi connectivity index (χ0v) is 22.7. The average Bonchev–Trinajstić information content (AvgIpc) is 3.16. The summed E-state index contributed by atoms with van der Waals surface area (Å²) in [5, 5.41) is -0.459. The van der Waals surface area contributed by atoms with Gasteiger partial charge in [-0.05, 0) is 46.1 Å². The second-order valence-electron chi connectivity index (χ2n) is 9.72. The van der Waals surface area contributed by atoms with Gasteiger partial charge in [-0.1, -0.05) is 49.8 Å². The van der Waals surface area contributed by atoms with Gasteiger partial charge >= 0.3 is 5.97 Å². The van der Waals surface area contributed by atoms with E-state index in [4.69, 9.17) is 16.3 Å². The van der Waals surface area contributed by atoms with Crippen molar-refractivity contribution in [1.82, 2.24) is 9.71 Å². The fraction of sp³-hybridized carbons (Fsp3) is 0.583. The number of esters is 1. The smallest absolute Gasteiger partial charge is 0.367 e. The van der Waals surface area contributed by atoms with E-state index in [-0.39, 0.29) is 17.2 Å². The van der Waals surface area contributed by atoms with Gasteiger partial charge in [-0.2, -0.15) is 0 Å². The van der Waals surface area contributed by atoms with Gasteiger partial charge in [0.1, 0.15) is 4.90 Å². The lowest BCUT2D eigenvalue weighted by Crippen LogP contribution is -2.40. The van der Waals surface area contributed by atoms with Crippen LogP contribution in [0, 0.1) is 5.92 Å². The molecule has 1 aliphatic carbocycles. The van der Waals surface area contributed by atoms with Crippen LogP contribution in [0.4, 0.5) is 8.78 Å². The zero-order chi connectivity index (χ0) is 26.0. The minimum Gasteiger partial charge on any atom is -0.461 e. The molecular formula is C24H31ClF2N2O4S2. The van der Waals surface area contributed by atoms with Crippen molar-refractivity contribution in [2.75, 3.05) is 6.61 Å². The molecular weight excluding hydrogens is 518 g/mol. The molecule has 1 heterocycles. The molecule has 1 aliphatic rings. The summed E-state index contributed by atoms with van der Waals surface area (Å²) in [5.41, 5.74) is -0.803. The molecule has 0 amide bonds. The maximum atomic E-state index is 14.3. The van der Waals surface area contributed by atoms with Crippen LogP contribution in [0.3, 0.4) is 0 Å². The highest BCUT2D eigenvalue weighted by atomic mass is 35.5. The first kappa shape index (κ1) is 28.0. The maximum absolute atomic E-state index is 14.3. The van der Waals surface area contributed by atoms with E-state index in [0.717, 1.165) is 43.4 Å². The van der Waals surface area contributed by atoms with Crippen molar-refractivity contribution in [2.45, 2.75) is 83.1 Å². The van der Waals surface area contributed by atoms with Crippen LogP contribution in [0.2, 0.25) is 5.02 Å². The molecule has 0 bridgehead atoms. The summed E-state index contributed by atoms with van der Waals surface area (Å²) in [7, 11) is -4.15. The second-order valence-corrected chi connectivity index (χ2v) is 12.7. The van der Waals surface area contributed by atoms with Crippen LogP contribution in [0.5, 0.6) is 0 Å². The van der Waals surface area contributed by atoms with Crippen molar-refractivity contribution in [1.29, 1.82) is 0 Å². The molecule has 0 saturated heterocycles. The Bertz CT molecular complexity index is 1170. The lowest BCUT2D eigenvalue weighted by molar-refractivity contribution is 0.0525. The first-order valence-corrected chi connectivity index (χ1v) is 14.3. The van der Waals surface area contributed by atoms with Crippen LogP contribution < -0.4 is 4.72 Å². The Morgan fingerprint density at radius 1 is 1.26 bits per heavy atom. The van der Waals surface area contributed by atoms with E-state index in [1.165, 1.54) is 12.1 Å². The number of thiazole rings is 1. The van der Waals surface area contributed by atoms with Gasteiger partial charge in [-0.15, -0.1) is 11.3 Å². The molecule has 0 radical (unpaired) electrons. The van der Waals surface area contributed by atoms with Gasteiger partial charge in [0.15, 0.2) is 0 Å². The zero-order valence-electron chi connectivity index (χ0n) is 20.3. The van der Waals surface area contributed by atoms with Crippen molar-refractivity contribution in [3.05, 3.63) is 33.4 Å². The number of nitrogens with one attached hydrogen (secondary N) is 1. The molecule has 2 aromatic rings. The van der Waals surface area contributed by atoms with Gasteiger partial charge < -0.3 is 4.74 Å². The quantitative estimate of drug-likeness (QED) is 0.368. The highest BCUT2D eigenvalue weighted by Gasteiger charge is 2.31. The predicted octanol–water partition coefficient (Wildman–Crippen LogP) is 6.78. The molecule has 0 unspecified atom stereocenters. The number of hydrogen-bond acceptors (Lipinski definition) is 6. The Hall–Kier alpha value is -1.62. The number of carbonyl (C=O) groups excluding carboxylic acids is 1. The third-order valence-corrected chi connectivity index (χ3v) is 9.12. The number of halogens is 3. The second kappa shape index (κ2) is 11.2. The first-order valence-electron chi connectivity index (χ1n) is 11.7. The summed E-state index contributed by atoms with van der Waals surface area (Å²) in [6, 6.07) is 2.56. The van der Waals surface area contributed by atoms with Crippen LogP contribution in [0.15, 0.2) is 17.0 Å². The number of carbonyl (C=O) groups is 1. The molecule has 1 aromatic heterocycles. The molecule has 11 heteroatoms. The number of sulfonamides is 1. The van der Waals surface area contributed by atoms with Crippen LogP contribution in [0.25, 0.3) is 10.4 Å². The molecule has 0 atom stereocenters. The van der Waals surface area contributed by atoms with Crippen molar-refractivity contribution in [3.8, 4) is 10.4 Å². The number of rotatable bonds is 8. The summed E-state index contributed by atoms with van der Waals surface area (Å²) in [5.74, 6) is -0.285. The van der Waals surface area contributed by atoms with Crippen molar-refractivity contribution >= 4 is 38.9 Å². The van der Waals surface area contributed by atoms with E-state index in [1.807, 2.05) is 0 Å². The molecule has 3 rings (SSSR count). The van der Waals surface area contributed by atoms with Crippen molar-refractivity contribution < 1.29 is 26.7 Å². The summed E-state index contributed by atoms with van der Waals surface area (Å²) in [6.45, 7) is 6.77. The molecule has 1 fully saturated rings. The van der Waals surface area contributed by atoms with Gasteiger partial charge in [0, 0.05) is 16.7 Å². The van der Waals surface area contributed by atoms with E-state index in [9.17, 15) is 22.0 Å². The highest BCUT2D eigenvalue weighted by molar-refractivity contribution is 7.89. The molecule has 0 spiro atoms. The number of nitrogens with zero attached hydrogens (tertiary/aromatic N) is 1. The van der Waals surface area contributed by atoms with E-state index >= 15 is 0 Å².